The lowest BCUT2D eigenvalue weighted by molar-refractivity contribution is 0.0653. The van der Waals surface area contributed by atoms with Crippen molar-refractivity contribution in [2.24, 2.45) is 0 Å². The van der Waals surface area contributed by atoms with Crippen LogP contribution in [0.15, 0.2) is 58.3 Å². The van der Waals surface area contributed by atoms with Gasteiger partial charge in [-0.3, -0.25) is 0 Å². The Kier molecular flexibility index (Phi) is 3.32. The standard InChI is InChI=1S/C19H12O4S/c20-18(21)13-6-5-11-12(17(13)19(22)23)7-8-16-14(11)9-10-3-1-2-4-15(10)24-16/h1-8H,9H2,(H,20,21)(H,22,23). The van der Waals surface area contributed by atoms with Gasteiger partial charge < -0.3 is 10.2 Å². The van der Waals surface area contributed by atoms with E-state index in [1.807, 2.05) is 18.2 Å². The van der Waals surface area contributed by atoms with Gasteiger partial charge in [0.05, 0.1) is 11.1 Å². The van der Waals surface area contributed by atoms with E-state index in [4.69, 9.17) is 0 Å². The molecule has 0 aliphatic carbocycles. The Hall–Kier alpha value is -2.79. The minimum absolute atomic E-state index is 0.147. The summed E-state index contributed by atoms with van der Waals surface area (Å²) in [5.74, 6) is -2.45. The molecule has 0 spiro atoms. The van der Waals surface area contributed by atoms with Crippen molar-refractivity contribution in [2.75, 3.05) is 0 Å². The summed E-state index contributed by atoms with van der Waals surface area (Å²) in [6.07, 6.45) is 0.710. The smallest absolute Gasteiger partial charge is 0.337 e. The third-order valence-electron chi connectivity index (χ3n) is 4.27. The molecular formula is C19H12O4S. The molecule has 1 aliphatic heterocycles. The molecule has 0 aromatic heterocycles. The summed E-state index contributed by atoms with van der Waals surface area (Å²) in [4.78, 5) is 25.3. The van der Waals surface area contributed by atoms with E-state index in [0.29, 0.717) is 11.8 Å². The molecule has 4 rings (SSSR count). The van der Waals surface area contributed by atoms with Gasteiger partial charge in [-0.05, 0) is 40.1 Å². The van der Waals surface area contributed by atoms with Crippen LogP contribution in [0.3, 0.4) is 0 Å². The molecular weight excluding hydrogens is 324 g/mol. The Morgan fingerprint density at radius 1 is 0.833 bits per heavy atom. The molecule has 118 valence electrons. The summed E-state index contributed by atoms with van der Waals surface area (Å²) in [6, 6.07) is 14.8. The van der Waals surface area contributed by atoms with Crippen LogP contribution >= 0.6 is 11.8 Å². The second-order valence-electron chi connectivity index (χ2n) is 5.62. The van der Waals surface area contributed by atoms with E-state index in [0.717, 1.165) is 15.8 Å². The Labute approximate surface area is 141 Å². The van der Waals surface area contributed by atoms with E-state index in [1.165, 1.54) is 16.5 Å². The van der Waals surface area contributed by atoms with Gasteiger partial charge in [0.25, 0.3) is 0 Å². The lowest BCUT2D eigenvalue weighted by Gasteiger charge is -2.21. The van der Waals surface area contributed by atoms with Gasteiger partial charge in [-0.25, -0.2) is 9.59 Å². The van der Waals surface area contributed by atoms with Gasteiger partial charge >= 0.3 is 11.9 Å². The maximum Gasteiger partial charge on any atom is 0.337 e. The van der Waals surface area contributed by atoms with E-state index in [9.17, 15) is 19.8 Å². The first-order valence-electron chi connectivity index (χ1n) is 7.37. The van der Waals surface area contributed by atoms with Crippen molar-refractivity contribution in [3.63, 3.8) is 0 Å². The molecule has 1 aliphatic rings. The molecule has 0 fully saturated rings. The number of carboxylic acid groups (broad SMARTS) is 2. The maximum atomic E-state index is 11.6. The maximum absolute atomic E-state index is 11.6. The highest BCUT2D eigenvalue weighted by Crippen LogP contribution is 2.42. The van der Waals surface area contributed by atoms with E-state index in [-0.39, 0.29) is 11.1 Å². The normalized spacial score (nSPS) is 12.5. The van der Waals surface area contributed by atoms with Gasteiger partial charge in [0.1, 0.15) is 0 Å². The zero-order valence-corrected chi connectivity index (χ0v) is 13.3. The van der Waals surface area contributed by atoms with Gasteiger partial charge in [0.2, 0.25) is 0 Å². The minimum atomic E-state index is -1.23. The molecule has 0 saturated heterocycles. The van der Waals surface area contributed by atoms with Crippen molar-refractivity contribution in [3.05, 3.63) is 70.8 Å². The third kappa shape index (κ3) is 2.17. The van der Waals surface area contributed by atoms with Crippen LogP contribution in [0.2, 0.25) is 0 Å². The molecule has 4 nitrogen and oxygen atoms in total. The van der Waals surface area contributed by atoms with Crippen LogP contribution in [0, 0.1) is 0 Å². The van der Waals surface area contributed by atoms with Crippen molar-refractivity contribution in [2.45, 2.75) is 16.2 Å². The molecule has 0 bridgehead atoms. The first-order chi connectivity index (χ1) is 11.6. The molecule has 0 radical (unpaired) electrons. The number of carboxylic acids is 2. The molecule has 1 heterocycles. The number of hydrogen-bond acceptors (Lipinski definition) is 3. The SMILES string of the molecule is O=C(O)c1ccc2c3c(ccc2c1C(=O)O)Sc1ccccc1C3. The van der Waals surface area contributed by atoms with E-state index in [2.05, 4.69) is 12.1 Å². The summed E-state index contributed by atoms with van der Waals surface area (Å²) >= 11 is 1.66. The fraction of sp³-hybridized carbons (Fsp3) is 0.0526. The van der Waals surface area contributed by atoms with Crippen LogP contribution in [0.4, 0.5) is 0 Å². The molecule has 2 N–H and O–H groups in total. The van der Waals surface area contributed by atoms with Crippen LogP contribution < -0.4 is 0 Å². The molecule has 0 atom stereocenters. The van der Waals surface area contributed by atoms with Crippen LogP contribution in [-0.2, 0) is 6.42 Å². The van der Waals surface area contributed by atoms with Crippen molar-refractivity contribution >= 4 is 34.5 Å². The van der Waals surface area contributed by atoms with Gasteiger partial charge in [0.15, 0.2) is 0 Å². The summed E-state index contributed by atoms with van der Waals surface area (Å²) < 4.78 is 0. The van der Waals surface area contributed by atoms with Crippen LogP contribution in [-0.4, -0.2) is 22.2 Å². The number of benzene rings is 3. The second kappa shape index (κ2) is 5.39. The average molecular weight is 336 g/mol. The fourth-order valence-corrected chi connectivity index (χ4v) is 4.29. The van der Waals surface area contributed by atoms with Gasteiger partial charge in [-0.2, -0.15) is 0 Å². The van der Waals surface area contributed by atoms with Gasteiger partial charge in [-0.1, -0.05) is 42.1 Å². The van der Waals surface area contributed by atoms with Gasteiger partial charge in [0, 0.05) is 16.2 Å². The molecule has 3 aromatic carbocycles. The van der Waals surface area contributed by atoms with Crippen molar-refractivity contribution in [1.82, 2.24) is 0 Å². The summed E-state index contributed by atoms with van der Waals surface area (Å²) in [5, 5.41) is 20.1. The Morgan fingerprint density at radius 3 is 2.33 bits per heavy atom. The summed E-state index contributed by atoms with van der Waals surface area (Å²) in [6.45, 7) is 0. The van der Waals surface area contributed by atoms with Crippen molar-refractivity contribution < 1.29 is 19.8 Å². The Morgan fingerprint density at radius 2 is 1.58 bits per heavy atom. The first kappa shape index (κ1) is 14.8. The first-order valence-corrected chi connectivity index (χ1v) is 8.19. The fourth-order valence-electron chi connectivity index (χ4n) is 3.19. The quantitative estimate of drug-likeness (QED) is 0.571. The monoisotopic (exact) mass is 336 g/mol. The van der Waals surface area contributed by atoms with E-state index < -0.39 is 11.9 Å². The zero-order chi connectivity index (χ0) is 16.8. The van der Waals surface area contributed by atoms with Crippen molar-refractivity contribution in [3.8, 4) is 0 Å². The summed E-state index contributed by atoms with van der Waals surface area (Å²) in [5.41, 5.74) is 1.92. The largest absolute Gasteiger partial charge is 0.478 e. The van der Waals surface area contributed by atoms with Crippen LogP contribution in [0.1, 0.15) is 31.8 Å². The van der Waals surface area contributed by atoms with Crippen LogP contribution in [0.5, 0.6) is 0 Å². The average Bonchev–Trinajstić information content (AvgIpc) is 2.58. The molecule has 24 heavy (non-hydrogen) atoms. The van der Waals surface area contributed by atoms with E-state index >= 15 is 0 Å². The highest BCUT2D eigenvalue weighted by atomic mass is 32.2. The topological polar surface area (TPSA) is 74.6 Å². The zero-order valence-electron chi connectivity index (χ0n) is 12.4. The second-order valence-corrected chi connectivity index (χ2v) is 6.71. The highest BCUT2D eigenvalue weighted by molar-refractivity contribution is 7.99. The highest BCUT2D eigenvalue weighted by Gasteiger charge is 2.23. The molecule has 0 unspecified atom stereocenters. The Balaban J connectivity index is 2.00. The van der Waals surface area contributed by atoms with Gasteiger partial charge in [-0.15, -0.1) is 0 Å². The molecule has 0 amide bonds. The number of hydrogen-bond donors (Lipinski definition) is 2. The predicted molar refractivity (Wildman–Crippen MR) is 91.2 cm³/mol. The molecule has 3 aromatic rings. The number of rotatable bonds is 2. The summed E-state index contributed by atoms with van der Waals surface area (Å²) in [7, 11) is 0. The predicted octanol–water partition coefficient (Wildman–Crippen LogP) is 4.29. The Bertz CT molecular complexity index is 1020. The lowest BCUT2D eigenvalue weighted by Crippen LogP contribution is -2.10. The number of fused-ring (bicyclic) bond motifs is 4. The molecule has 0 saturated carbocycles. The third-order valence-corrected chi connectivity index (χ3v) is 5.49. The van der Waals surface area contributed by atoms with E-state index in [1.54, 1.807) is 23.9 Å². The minimum Gasteiger partial charge on any atom is -0.478 e. The number of aromatic carboxylic acids is 2. The molecule has 5 heteroatoms. The number of carbonyl (C=O) groups is 2. The lowest BCUT2D eigenvalue weighted by atomic mass is 9.93. The van der Waals surface area contributed by atoms with Crippen molar-refractivity contribution in [1.29, 1.82) is 0 Å². The van der Waals surface area contributed by atoms with Crippen LogP contribution in [0.25, 0.3) is 10.8 Å².